The number of pyridine rings is 1. The number of rotatable bonds is 9. The van der Waals surface area contributed by atoms with Crippen LogP contribution in [-0.2, 0) is 0 Å². The molecule has 0 aliphatic heterocycles. The van der Waals surface area contributed by atoms with E-state index in [1.807, 2.05) is 18.3 Å². The first kappa shape index (κ1) is 13.8. The van der Waals surface area contributed by atoms with Crippen LogP contribution in [0.4, 0.5) is 11.5 Å². The van der Waals surface area contributed by atoms with Gasteiger partial charge >= 0.3 is 0 Å². The average molecular weight is 237 g/mol. The minimum atomic E-state index is 0.292. The summed E-state index contributed by atoms with van der Waals surface area (Å²) in [5.74, 6) is 0.923. The number of unbranched alkanes of at least 4 members (excludes halogenated alkanes) is 2. The lowest BCUT2D eigenvalue weighted by Gasteiger charge is -2.08. The minimum absolute atomic E-state index is 0.292. The van der Waals surface area contributed by atoms with E-state index in [2.05, 4.69) is 22.5 Å². The molecule has 0 amide bonds. The predicted octanol–water partition coefficient (Wildman–Crippen LogP) is 2.48. The van der Waals surface area contributed by atoms with Gasteiger partial charge in [0.1, 0.15) is 5.82 Å². The fourth-order valence-corrected chi connectivity index (χ4v) is 1.54. The molecule has 4 nitrogen and oxygen atoms in total. The highest BCUT2D eigenvalue weighted by Crippen LogP contribution is 2.12. The lowest BCUT2D eigenvalue weighted by Crippen LogP contribution is -2.05. The number of aromatic nitrogens is 1. The molecule has 17 heavy (non-hydrogen) atoms. The van der Waals surface area contributed by atoms with Crippen molar-refractivity contribution in [2.24, 2.45) is 0 Å². The Labute approximate surface area is 103 Å². The fourth-order valence-electron chi connectivity index (χ4n) is 1.54. The molecule has 0 saturated heterocycles. The van der Waals surface area contributed by atoms with E-state index in [1.165, 1.54) is 0 Å². The van der Waals surface area contributed by atoms with Gasteiger partial charge in [0.05, 0.1) is 0 Å². The van der Waals surface area contributed by atoms with Crippen molar-refractivity contribution in [1.82, 2.24) is 4.98 Å². The quantitative estimate of drug-likeness (QED) is 0.578. The number of hydrogen-bond donors (Lipinski definition) is 3. The SMILES string of the molecule is CCCNc1cc(NCCCCCO)ccn1. The molecule has 4 heteroatoms. The van der Waals surface area contributed by atoms with Gasteiger partial charge in [-0.3, -0.25) is 0 Å². The standard InChI is InChI=1S/C13H23N3O/c1-2-7-15-13-11-12(6-9-16-13)14-8-4-3-5-10-17/h6,9,11,17H,2-5,7-8,10H2,1H3,(H2,14,15,16). The summed E-state index contributed by atoms with van der Waals surface area (Å²) >= 11 is 0. The van der Waals surface area contributed by atoms with Crippen molar-refractivity contribution in [3.05, 3.63) is 18.3 Å². The summed E-state index contributed by atoms with van der Waals surface area (Å²) < 4.78 is 0. The molecule has 3 N–H and O–H groups in total. The molecule has 0 radical (unpaired) electrons. The Hall–Kier alpha value is -1.29. The molecule has 0 bridgehead atoms. The second kappa shape index (κ2) is 8.82. The summed E-state index contributed by atoms with van der Waals surface area (Å²) in [4.78, 5) is 4.25. The normalized spacial score (nSPS) is 10.2. The molecule has 0 aliphatic rings. The van der Waals surface area contributed by atoms with E-state index in [-0.39, 0.29) is 0 Å². The number of nitrogens with zero attached hydrogens (tertiary/aromatic N) is 1. The highest BCUT2D eigenvalue weighted by Gasteiger charge is 1.96. The zero-order valence-electron chi connectivity index (χ0n) is 10.6. The Morgan fingerprint density at radius 3 is 2.82 bits per heavy atom. The summed E-state index contributed by atoms with van der Waals surface area (Å²) in [7, 11) is 0. The first-order chi connectivity index (χ1) is 8.36. The van der Waals surface area contributed by atoms with Gasteiger partial charge in [-0.15, -0.1) is 0 Å². The first-order valence-corrected chi connectivity index (χ1v) is 6.41. The third-order valence-corrected chi connectivity index (χ3v) is 2.48. The van der Waals surface area contributed by atoms with Crippen LogP contribution in [0.15, 0.2) is 18.3 Å². The molecule has 1 rings (SSSR count). The zero-order chi connectivity index (χ0) is 12.3. The van der Waals surface area contributed by atoms with Crippen LogP contribution in [-0.4, -0.2) is 29.8 Å². The van der Waals surface area contributed by atoms with E-state index in [0.717, 1.165) is 50.3 Å². The largest absolute Gasteiger partial charge is 0.396 e. The Morgan fingerprint density at radius 2 is 2.06 bits per heavy atom. The molecule has 1 aromatic rings. The van der Waals surface area contributed by atoms with Gasteiger partial charge in [-0.05, 0) is 31.7 Å². The molecule has 96 valence electrons. The Morgan fingerprint density at radius 1 is 1.18 bits per heavy atom. The van der Waals surface area contributed by atoms with Crippen molar-refractivity contribution in [2.45, 2.75) is 32.6 Å². The van der Waals surface area contributed by atoms with Gasteiger partial charge in [-0.1, -0.05) is 6.92 Å². The van der Waals surface area contributed by atoms with Crippen molar-refractivity contribution < 1.29 is 5.11 Å². The molecule has 1 heterocycles. The van der Waals surface area contributed by atoms with E-state index < -0.39 is 0 Å². The monoisotopic (exact) mass is 237 g/mol. The average Bonchev–Trinajstić information content (AvgIpc) is 2.37. The lowest BCUT2D eigenvalue weighted by atomic mass is 10.2. The lowest BCUT2D eigenvalue weighted by molar-refractivity contribution is 0.283. The van der Waals surface area contributed by atoms with Gasteiger partial charge in [0.25, 0.3) is 0 Å². The number of anilines is 2. The van der Waals surface area contributed by atoms with E-state index in [4.69, 9.17) is 5.11 Å². The fraction of sp³-hybridized carbons (Fsp3) is 0.615. The van der Waals surface area contributed by atoms with Crippen LogP contribution in [0.1, 0.15) is 32.6 Å². The van der Waals surface area contributed by atoms with Gasteiger partial charge in [0.15, 0.2) is 0 Å². The van der Waals surface area contributed by atoms with Crippen molar-refractivity contribution in [1.29, 1.82) is 0 Å². The van der Waals surface area contributed by atoms with Crippen molar-refractivity contribution in [3.8, 4) is 0 Å². The van der Waals surface area contributed by atoms with Crippen LogP contribution in [0.25, 0.3) is 0 Å². The number of hydrogen-bond acceptors (Lipinski definition) is 4. The van der Waals surface area contributed by atoms with E-state index in [1.54, 1.807) is 0 Å². The Balaban J connectivity index is 2.27. The van der Waals surface area contributed by atoms with E-state index in [9.17, 15) is 0 Å². The molecular formula is C13H23N3O. The molecule has 0 spiro atoms. The molecular weight excluding hydrogens is 214 g/mol. The third kappa shape index (κ3) is 6.12. The van der Waals surface area contributed by atoms with Crippen LogP contribution in [0, 0.1) is 0 Å². The van der Waals surface area contributed by atoms with Crippen molar-refractivity contribution in [3.63, 3.8) is 0 Å². The third-order valence-electron chi connectivity index (χ3n) is 2.48. The molecule has 0 atom stereocenters. The van der Waals surface area contributed by atoms with Gasteiger partial charge in [0.2, 0.25) is 0 Å². The highest BCUT2D eigenvalue weighted by atomic mass is 16.2. The van der Waals surface area contributed by atoms with Gasteiger partial charge < -0.3 is 15.7 Å². The van der Waals surface area contributed by atoms with E-state index in [0.29, 0.717) is 6.61 Å². The number of aliphatic hydroxyl groups excluding tert-OH is 1. The Bertz CT molecular complexity index is 304. The maximum atomic E-state index is 8.66. The highest BCUT2D eigenvalue weighted by molar-refractivity contribution is 5.51. The second-order valence-corrected chi connectivity index (χ2v) is 4.07. The predicted molar refractivity (Wildman–Crippen MR) is 72.4 cm³/mol. The summed E-state index contributed by atoms with van der Waals surface area (Å²) in [6, 6.07) is 4.00. The topological polar surface area (TPSA) is 57.2 Å². The van der Waals surface area contributed by atoms with Gasteiger partial charge in [0, 0.05) is 37.6 Å². The summed E-state index contributed by atoms with van der Waals surface area (Å²) in [6.45, 7) is 4.32. The van der Waals surface area contributed by atoms with Crippen molar-refractivity contribution in [2.75, 3.05) is 30.3 Å². The molecule has 0 aliphatic carbocycles. The number of nitrogens with one attached hydrogen (secondary N) is 2. The zero-order valence-corrected chi connectivity index (χ0v) is 10.6. The molecule has 0 fully saturated rings. The summed E-state index contributed by atoms with van der Waals surface area (Å²) in [6.07, 6.45) is 5.95. The van der Waals surface area contributed by atoms with Crippen LogP contribution < -0.4 is 10.6 Å². The molecule has 0 saturated carbocycles. The van der Waals surface area contributed by atoms with E-state index >= 15 is 0 Å². The van der Waals surface area contributed by atoms with Crippen LogP contribution in [0.3, 0.4) is 0 Å². The minimum Gasteiger partial charge on any atom is -0.396 e. The van der Waals surface area contributed by atoms with Crippen LogP contribution >= 0.6 is 0 Å². The van der Waals surface area contributed by atoms with Gasteiger partial charge in [-0.25, -0.2) is 4.98 Å². The maximum Gasteiger partial charge on any atom is 0.127 e. The Kier molecular flexibility index (Phi) is 7.14. The van der Waals surface area contributed by atoms with Crippen molar-refractivity contribution >= 4 is 11.5 Å². The maximum absolute atomic E-state index is 8.66. The second-order valence-electron chi connectivity index (χ2n) is 4.07. The van der Waals surface area contributed by atoms with Crippen LogP contribution in [0.5, 0.6) is 0 Å². The molecule has 0 unspecified atom stereocenters. The molecule has 0 aromatic carbocycles. The first-order valence-electron chi connectivity index (χ1n) is 6.41. The smallest absolute Gasteiger partial charge is 0.127 e. The number of aliphatic hydroxyl groups is 1. The van der Waals surface area contributed by atoms with Gasteiger partial charge in [-0.2, -0.15) is 0 Å². The molecule has 1 aromatic heterocycles. The summed E-state index contributed by atoms with van der Waals surface area (Å²) in [5, 5.41) is 15.3. The summed E-state index contributed by atoms with van der Waals surface area (Å²) in [5.41, 5.74) is 1.10. The van der Waals surface area contributed by atoms with Crippen LogP contribution in [0.2, 0.25) is 0 Å².